The molecule has 0 saturated carbocycles. The van der Waals surface area contributed by atoms with Crippen molar-refractivity contribution in [2.24, 2.45) is 10.7 Å². The molecule has 3 N–H and O–H groups in total. The van der Waals surface area contributed by atoms with E-state index in [-0.39, 0.29) is 0 Å². The third-order valence-electron chi connectivity index (χ3n) is 2.35. The Bertz CT molecular complexity index is 412. The molecule has 18 heavy (non-hydrogen) atoms. The van der Waals surface area contributed by atoms with E-state index in [4.69, 9.17) is 15.9 Å². The number of hydrogen-bond acceptors (Lipinski definition) is 2. The maximum atomic E-state index is 6.91. The van der Waals surface area contributed by atoms with Crippen molar-refractivity contribution < 1.29 is 4.74 Å². The average Bonchev–Trinajstić information content (AvgIpc) is 2.40. The number of amidine groups is 1. The van der Waals surface area contributed by atoms with Gasteiger partial charge in [0.25, 0.3) is 0 Å². The Balaban J connectivity index is 0.00000137. The third kappa shape index (κ3) is 3.87. The van der Waals surface area contributed by atoms with E-state index < -0.39 is 0 Å². The van der Waals surface area contributed by atoms with Crippen LogP contribution in [-0.2, 0) is 0 Å². The Hall–Kier alpha value is -1.84. The molecule has 0 radical (unpaired) electrons. The highest BCUT2D eigenvalue weighted by atomic mass is 16.5. The highest BCUT2D eigenvalue weighted by Gasteiger charge is 2.13. The summed E-state index contributed by atoms with van der Waals surface area (Å²) in [4.78, 5) is 3.76. The Morgan fingerprint density at radius 1 is 1.39 bits per heavy atom. The number of para-hydroxylation sites is 1. The van der Waals surface area contributed by atoms with Gasteiger partial charge in [-0.1, -0.05) is 39.8 Å². The van der Waals surface area contributed by atoms with Gasteiger partial charge in [-0.05, 0) is 17.5 Å². The van der Waals surface area contributed by atoms with E-state index in [0.29, 0.717) is 11.8 Å². The van der Waals surface area contributed by atoms with Crippen molar-refractivity contribution in [3.63, 3.8) is 0 Å². The van der Waals surface area contributed by atoms with Gasteiger partial charge in [-0.15, -0.1) is 0 Å². The molecule has 0 amide bonds. The number of hydrogen-bond donors (Lipinski definition) is 2. The highest BCUT2D eigenvalue weighted by molar-refractivity contribution is 6.03. The molecule has 0 aliphatic rings. The first kappa shape index (κ1) is 16.2. The standard InChI is InChI=1S/C12H17N3O.C2H6/c1-8(2)9-5-4-6-10(11(9)16-3)12(14)15-7-13;1-2/h4-8H,1-3H3,(H3,13,14,15);1-2H3. The number of aliphatic imine (C=N–C) groups is 1. The number of nitrogens with one attached hydrogen (secondary N) is 1. The van der Waals surface area contributed by atoms with E-state index in [1.54, 1.807) is 7.11 Å². The fraction of sp³-hybridized carbons (Fsp3) is 0.429. The normalized spacial score (nSPS) is 10.7. The van der Waals surface area contributed by atoms with Crippen molar-refractivity contribution in [1.82, 2.24) is 0 Å². The number of nitrogens with zero attached hydrogens (tertiary/aromatic N) is 1. The van der Waals surface area contributed by atoms with Gasteiger partial charge in [0.05, 0.1) is 12.7 Å². The van der Waals surface area contributed by atoms with E-state index in [9.17, 15) is 0 Å². The van der Waals surface area contributed by atoms with Gasteiger partial charge in [-0.3, -0.25) is 5.41 Å². The Morgan fingerprint density at radius 3 is 2.44 bits per heavy atom. The molecule has 1 aromatic rings. The van der Waals surface area contributed by atoms with Crippen molar-refractivity contribution >= 4 is 12.2 Å². The lowest BCUT2D eigenvalue weighted by atomic mass is 9.98. The number of ether oxygens (including phenoxy) is 1. The van der Waals surface area contributed by atoms with Crippen LogP contribution in [0.3, 0.4) is 0 Å². The summed E-state index contributed by atoms with van der Waals surface area (Å²) in [5, 5.41) is 6.91. The predicted molar refractivity (Wildman–Crippen MR) is 77.9 cm³/mol. The first-order valence-electron chi connectivity index (χ1n) is 6.11. The van der Waals surface area contributed by atoms with Crippen LogP contribution in [0, 0.1) is 5.41 Å². The minimum absolute atomic E-state index is 0.300. The number of benzene rings is 1. The Labute approximate surface area is 109 Å². The summed E-state index contributed by atoms with van der Waals surface area (Å²) in [6.45, 7) is 8.18. The molecule has 1 aromatic carbocycles. The fourth-order valence-corrected chi connectivity index (χ4v) is 1.58. The number of nitrogens with two attached hydrogens (primary N) is 1. The average molecular weight is 249 g/mol. The molecule has 0 aliphatic carbocycles. The topological polar surface area (TPSA) is 71.5 Å². The molecule has 0 heterocycles. The van der Waals surface area contributed by atoms with E-state index in [1.807, 2.05) is 32.0 Å². The first-order chi connectivity index (χ1) is 8.61. The quantitative estimate of drug-likeness (QED) is 0.635. The molecule has 0 saturated heterocycles. The lowest BCUT2D eigenvalue weighted by Crippen LogP contribution is -2.15. The predicted octanol–water partition coefficient (Wildman–Crippen LogP) is 3.16. The molecule has 0 bridgehead atoms. The first-order valence-corrected chi connectivity index (χ1v) is 6.11. The van der Waals surface area contributed by atoms with E-state index in [0.717, 1.165) is 23.2 Å². The molecule has 0 aliphatic heterocycles. The summed E-state index contributed by atoms with van der Waals surface area (Å²) < 4.78 is 5.37. The minimum atomic E-state index is 0.300. The van der Waals surface area contributed by atoms with Crippen LogP contribution in [0.5, 0.6) is 5.75 Å². The molecule has 4 nitrogen and oxygen atoms in total. The van der Waals surface area contributed by atoms with Gasteiger partial charge < -0.3 is 10.5 Å². The summed E-state index contributed by atoms with van der Waals surface area (Å²) >= 11 is 0. The van der Waals surface area contributed by atoms with Crippen LogP contribution >= 0.6 is 0 Å². The zero-order chi connectivity index (χ0) is 14.1. The molecule has 4 heteroatoms. The smallest absolute Gasteiger partial charge is 0.136 e. The Morgan fingerprint density at radius 2 is 2.00 bits per heavy atom. The van der Waals surface area contributed by atoms with Gasteiger partial charge >= 0.3 is 0 Å². The summed E-state index contributed by atoms with van der Waals surface area (Å²) in [5.74, 6) is 1.39. The molecule has 0 fully saturated rings. The van der Waals surface area contributed by atoms with Crippen molar-refractivity contribution in [2.75, 3.05) is 7.11 Å². The number of rotatable bonds is 4. The summed E-state index contributed by atoms with van der Waals surface area (Å²) in [6, 6.07) is 5.76. The van der Waals surface area contributed by atoms with Crippen molar-refractivity contribution in [3.05, 3.63) is 29.3 Å². The third-order valence-corrected chi connectivity index (χ3v) is 2.35. The van der Waals surface area contributed by atoms with Crippen molar-refractivity contribution in [1.29, 1.82) is 5.41 Å². The zero-order valence-electron chi connectivity index (χ0n) is 11.8. The van der Waals surface area contributed by atoms with E-state index >= 15 is 0 Å². The van der Waals surface area contributed by atoms with E-state index in [2.05, 4.69) is 18.8 Å². The van der Waals surface area contributed by atoms with Crippen LogP contribution in [0.4, 0.5) is 0 Å². The van der Waals surface area contributed by atoms with Crippen LogP contribution in [0.25, 0.3) is 0 Å². The monoisotopic (exact) mass is 249 g/mol. The highest BCUT2D eigenvalue weighted by Crippen LogP contribution is 2.29. The van der Waals surface area contributed by atoms with Crippen LogP contribution in [0.15, 0.2) is 23.2 Å². The Kier molecular flexibility index (Phi) is 7.43. The second-order valence-electron chi connectivity index (χ2n) is 3.73. The molecule has 0 atom stereocenters. The van der Waals surface area contributed by atoms with Gasteiger partial charge in [-0.25, -0.2) is 4.99 Å². The fourth-order valence-electron chi connectivity index (χ4n) is 1.58. The SMILES string of the molecule is CC.COc1c(C(N)=NC=N)cccc1C(C)C. The summed E-state index contributed by atoms with van der Waals surface area (Å²) in [7, 11) is 1.61. The second kappa shape index (κ2) is 8.28. The number of methoxy groups -OCH3 is 1. The largest absolute Gasteiger partial charge is 0.496 e. The lowest BCUT2D eigenvalue weighted by Gasteiger charge is -2.15. The molecular formula is C14H23N3O. The van der Waals surface area contributed by atoms with Gasteiger partial charge in [0.2, 0.25) is 0 Å². The van der Waals surface area contributed by atoms with Crippen molar-refractivity contribution in [3.8, 4) is 5.75 Å². The molecule has 0 aromatic heterocycles. The van der Waals surface area contributed by atoms with Crippen LogP contribution in [0.2, 0.25) is 0 Å². The van der Waals surface area contributed by atoms with Crippen LogP contribution in [-0.4, -0.2) is 19.3 Å². The van der Waals surface area contributed by atoms with E-state index in [1.165, 1.54) is 0 Å². The molecule has 1 rings (SSSR count). The zero-order valence-corrected chi connectivity index (χ0v) is 11.8. The van der Waals surface area contributed by atoms with Crippen molar-refractivity contribution in [2.45, 2.75) is 33.6 Å². The molecule has 0 spiro atoms. The molecular weight excluding hydrogens is 226 g/mol. The van der Waals surface area contributed by atoms with Gasteiger partial charge in [0.1, 0.15) is 17.9 Å². The maximum Gasteiger partial charge on any atom is 0.136 e. The van der Waals surface area contributed by atoms with Crippen LogP contribution in [0.1, 0.15) is 44.7 Å². The van der Waals surface area contributed by atoms with Gasteiger partial charge in [0, 0.05) is 0 Å². The maximum absolute atomic E-state index is 6.91. The van der Waals surface area contributed by atoms with Gasteiger partial charge in [-0.2, -0.15) is 0 Å². The summed E-state index contributed by atoms with van der Waals surface area (Å²) in [5.41, 5.74) is 7.59. The molecule has 100 valence electrons. The minimum Gasteiger partial charge on any atom is -0.496 e. The lowest BCUT2D eigenvalue weighted by molar-refractivity contribution is 0.406. The van der Waals surface area contributed by atoms with Gasteiger partial charge in [0.15, 0.2) is 0 Å². The van der Waals surface area contributed by atoms with Crippen LogP contribution < -0.4 is 10.5 Å². The summed E-state index contributed by atoms with van der Waals surface area (Å²) in [6.07, 6.45) is 0.927. The molecule has 0 unspecified atom stereocenters. The second-order valence-corrected chi connectivity index (χ2v) is 3.73.